The van der Waals surface area contributed by atoms with E-state index in [1.165, 1.54) is 0 Å². The van der Waals surface area contributed by atoms with E-state index in [2.05, 4.69) is 15.1 Å². The Balaban J connectivity index is 1.50. The minimum absolute atomic E-state index is 0.118. The summed E-state index contributed by atoms with van der Waals surface area (Å²) in [6.45, 7) is 3.26. The van der Waals surface area contributed by atoms with Crippen LogP contribution in [0.25, 0.3) is 5.57 Å². The van der Waals surface area contributed by atoms with E-state index in [1.807, 2.05) is 30.5 Å². The molecule has 0 saturated carbocycles. The molecule has 2 aromatic rings. The lowest BCUT2D eigenvalue weighted by Crippen LogP contribution is -2.44. The molecule has 1 amide bonds. The number of carbonyl (C=O) groups is 1. The summed E-state index contributed by atoms with van der Waals surface area (Å²) in [5.41, 5.74) is 3.28. The molecule has 0 spiro atoms. The maximum Gasteiger partial charge on any atom is 0.257 e. The summed E-state index contributed by atoms with van der Waals surface area (Å²) in [7, 11) is 6.44. The van der Waals surface area contributed by atoms with Crippen molar-refractivity contribution in [2.24, 2.45) is 0 Å². The van der Waals surface area contributed by atoms with Crippen LogP contribution in [0.4, 0.5) is 11.4 Å². The molecule has 2 heterocycles. The molecule has 31 heavy (non-hydrogen) atoms. The first-order valence-electron chi connectivity index (χ1n) is 10.1. The van der Waals surface area contributed by atoms with Crippen LogP contribution in [-0.4, -0.2) is 65.4 Å². The van der Waals surface area contributed by atoms with Crippen molar-refractivity contribution in [3.8, 4) is 23.0 Å². The molecule has 1 fully saturated rings. The molecule has 4 rings (SSSR count). The standard InChI is InChI=1S/C23H27N3O5/c1-28-19-6-5-15(11-20(19)29-2)26-9-7-25(8-10-26)14-17-16-12-21(30-3)22(31-4)13-18(16)24-23(17)27/h5-6,11-14H,7-10H2,1-4H3,(H,24,27). The number of methoxy groups -OCH3 is 4. The van der Waals surface area contributed by atoms with Crippen molar-refractivity contribution in [3.05, 3.63) is 42.1 Å². The van der Waals surface area contributed by atoms with Crippen LogP contribution in [-0.2, 0) is 4.79 Å². The number of ether oxygens (including phenoxy) is 4. The smallest absolute Gasteiger partial charge is 0.257 e. The van der Waals surface area contributed by atoms with Crippen molar-refractivity contribution in [2.45, 2.75) is 0 Å². The van der Waals surface area contributed by atoms with Gasteiger partial charge in [0.2, 0.25) is 0 Å². The topological polar surface area (TPSA) is 72.5 Å². The highest BCUT2D eigenvalue weighted by atomic mass is 16.5. The second-order valence-corrected chi connectivity index (χ2v) is 7.31. The first-order valence-corrected chi connectivity index (χ1v) is 10.1. The number of hydrogen-bond donors (Lipinski definition) is 1. The Hall–Kier alpha value is -3.55. The van der Waals surface area contributed by atoms with Crippen LogP contribution < -0.4 is 29.2 Å². The van der Waals surface area contributed by atoms with Crippen LogP contribution in [0.3, 0.4) is 0 Å². The van der Waals surface area contributed by atoms with Crippen LogP contribution in [0.5, 0.6) is 23.0 Å². The molecule has 1 N–H and O–H groups in total. The van der Waals surface area contributed by atoms with Crippen LogP contribution in [0.15, 0.2) is 36.5 Å². The van der Waals surface area contributed by atoms with Gasteiger partial charge in [0.1, 0.15) is 0 Å². The second-order valence-electron chi connectivity index (χ2n) is 7.31. The molecule has 164 valence electrons. The lowest BCUT2D eigenvalue weighted by molar-refractivity contribution is -0.110. The zero-order valence-electron chi connectivity index (χ0n) is 18.2. The van der Waals surface area contributed by atoms with Gasteiger partial charge in [-0.3, -0.25) is 4.79 Å². The molecule has 8 nitrogen and oxygen atoms in total. The normalized spacial score (nSPS) is 16.8. The Kier molecular flexibility index (Phi) is 5.79. The van der Waals surface area contributed by atoms with E-state index < -0.39 is 0 Å². The highest BCUT2D eigenvalue weighted by molar-refractivity contribution is 6.31. The summed E-state index contributed by atoms with van der Waals surface area (Å²) in [5, 5.41) is 2.92. The van der Waals surface area contributed by atoms with Gasteiger partial charge in [0.15, 0.2) is 23.0 Å². The molecule has 0 bridgehead atoms. The van der Waals surface area contributed by atoms with Gasteiger partial charge in [-0.25, -0.2) is 0 Å². The predicted octanol–water partition coefficient (Wildman–Crippen LogP) is 2.84. The van der Waals surface area contributed by atoms with E-state index in [1.54, 1.807) is 34.5 Å². The average molecular weight is 425 g/mol. The lowest BCUT2D eigenvalue weighted by Gasteiger charge is -2.36. The first kappa shape index (κ1) is 20.7. The van der Waals surface area contributed by atoms with E-state index in [9.17, 15) is 4.79 Å². The van der Waals surface area contributed by atoms with Crippen LogP contribution in [0, 0.1) is 0 Å². The van der Waals surface area contributed by atoms with Crippen molar-refractivity contribution in [3.63, 3.8) is 0 Å². The Bertz CT molecular complexity index is 1010. The third kappa shape index (κ3) is 3.93. The van der Waals surface area contributed by atoms with Gasteiger partial charge in [-0.05, 0) is 18.2 Å². The first-order chi connectivity index (χ1) is 15.1. The second kappa shape index (κ2) is 8.67. The predicted molar refractivity (Wildman–Crippen MR) is 119 cm³/mol. The van der Waals surface area contributed by atoms with Crippen molar-refractivity contribution in [1.29, 1.82) is 0 Å². The molecule has 2 aliphatic rings. The number of amides is 1. The summed E-state index contributed by atoms with van der Waals surface area (Å²) in [6.07, 6.45) is 1.94. The largest absolute Gasteiger partial charge is 0.493 e. The molecule has 8 heteroatoms. The fourth-order valence-electron chi connectivity index (χ4n) is 3.96. The molecule has 0 radical (unpaired) electrons. The van der Waals surface area contributed by atoms with Gasteiger partial charge in [-0.1, -0.05) is 0 Å². The number of nitrogens with zero attached hydrogens (tertiary/aromatic N) is 2. The third-order valence-corrected chi connectivity index (χ3v) is 5.66. The molecule has 0 aliphatic carbocycles. The lowest BCUT2D eigenvalue weighted by atomic mass is 10.1. The number of piperazine rings is 1. The number of benzene rings is 2. The summed E-state index contributed by atoms with van der Waals surface area (Å²) in [4.78, 5) is 17.1. The van der Waals surface area contributed by atoms with Crippen molar-refractivity contribution >= 4 is 22.9 Å². The highest BCUT2D eigenvalue weighted by Crippen LogP contribution is 2.40. The van der Waals surface area contributed by atoms with Gasteiger partial charge in [-0.2, -0.15) is 0 Å². The number of anilines is 2. The van der Waals surface area contributed by atoms with Gasteiger partial charge >= 0.3 is 0 Å². The monoisotopic (exact) mass is 425 g/mol. The Morgan fingerprint density at radius 3 is 2.06 bits per heavy atom. The maximum absolute atomic E-state index is 12.6. The average Bonchev–Trinajstić information content (AvgIpc) is 3.11. The minimum Gasteiger partial charge on any atom is -0.493 e. The van der Waals surface area contributed by atoms with E-state index in [0.717, 1.165) is 43.1 Å². The third-order valence-electron chi connectivity index (χ3n) is 5.66. The fraction of sp³-hybridized carbons (Fsp3) is 0.348. The van der Waals surface area contributed by atoms with Gasteiger partial charge in [0.25, 0.3) is 5.91 Å². The number of hydrogen-bond acceptors (Lipinski definition) is 7. The number of rotatable bonds is 6. The van der Waals surface area contributed by atoms with Crippen molar-refractivity contribution in [2.75, 3.05) is 64.8 Å². The Morgan fingerprint density at radius 1 is 0.806 bits per heavy atom. The van der Waals surface area contributed by atoms with Gasteiger partial charge < -0.3 is 34.1 Å². The van der Waals surface area contributed by atoms with Gasteiger partial charge in [0, 0.05) is 55.8 Å². The Morgan fingerprint density at radius 2 is 1.42 bits per heavy atom. The molecule has 0 unspecified atom stereocenters. The van der Waals surface area contributed by atoms with Crippen LogP contribution >= 0.6 is 0 Å². The molecular formula is C23H27N3O5. The molecule has 0 aromatic heterocycles. The zero-order valence-corrected chi connectivity index (χ0v) is 18.2. The van der Waals surface area contributed by atoms with Gasteiger partial charge in [-0.15, -0.1) is 0 Å². The SMILES string of the molecule is COc1ccc(N2CCN(C=C3C(=O)Nc4cc(OC)c(OC)cc43)CC2)cc1OC. The summed E-state index contributed by atoms with van der Waals surface area (Å²) in [5.74, 6) is 2.50. The Labute approximate surface area is 181 Å². The molecular weight excluding hydrogens is 398 g/mol. The highest BCUT2D eigenvalue weighted by Gasteiger charge is 2.28. The van der Waals surface area contributed by atoms with Crippen LogP contribution in [0.2, 0.25) is 0 Å². The molecule has 2 aromatic carbocycles. The van der Waals surface area contributed by atoms with E-state index in [-0.39, 0.29) is 5.91 Å². The van der Waals surface area contributed by atoms with Crippen LogP contribution in [0.1, 0.15) is 5.56 Å². The molecule has 0 atom stereocenters. The van der Waals surface area contributed by atoms with E-state index in [0.29, 0.717) is 28.6 Å². The summed E-state index contributed by atoms with van der Waals surface area (Å²) < 4.78 is 21.5. The number of fused-ring (bicyclic) bond motifs is 1. The summed E-state index contributed by atoms with van der Waals surface area (Å²) >= 11 is 0. The summed E-state index contributed by atoms with van der Waals surface area (Å²) in [6, 6.07) is 9.59. The number of nitrogens with one attached hydrogen (secondary N) is 1. The minimum atomic E-state index is -0.118. The maximum atomic E-state index is 12.6. The molecule has 2 aliphatic heterocycles. The van der Waals surface area contributed by atoms with E-state index in [4.69, 9.17) is 18.9 Å². The number of carbonyl (C=O) groups excluding carboxylic acids is 1. The zero-order chi connectivity index (χ0) is 22.0. The van der Waals surface area contributed by atoms with E-state index >= 15 is 0 Å². The quantitative estimate of drug-likeness (QED) is 0.714. The fourth-order valence-corrected chi connectivity index (χ4v) is 3.96. The van der Waals surface area contributed by atoms with Gasteiger partial charge in [0.05, 0.1) is 39.7 Å². The van der Waals surface area contributed by atoms with Crippen molar-refractivity contribution < 1.29 is 23.7 Å². The van der Waals surface area contributed by atoms with Crippen molar-refractivity contribution in [1.82, 2.24) is 4.90 Å². The molecule has 1 saturated heterocycles.